The molecule has 0 spiro atoms. The largest absolute Gasteiger partial charge is 0.357 e. The quantitative estimate of drug-likeness (QED) is 0.753. The predicted molar refractivity (Wildman–Crippen MR) is 70.1 cm³/mol. The fraction of sp³-hybridized carbons (Fsp3) is 0.500. The van der Waals surface area contributed by atoms with Crippen LogP contribution in [0.5, 0.6) is 0 Å². The Hall–Kier alpha value is -1.35. The number of nitrogens with one attached hydrogen (secondary N) is 1. The van der Waals surface area contributed by atoms with Crippen LogP contribution < -0.4 is 0 Å². The van der Waals surface area contributed by atoms with Crippen molar-refractivity contribution in [1.82, 2.24) is 14.9 Å². The molecule has 1 aliphatic heterocycles. The highest BCUT2D eigenvalue weighted by molar-refractivity contribution is 5.84. The SMILES string of the molecule is Cc1cc2[nH]c3c(c2cn1)CC(C)(C)N(C)C3. The van der Waals surface area contributed by atoms with Crippen LogP contribution in [-0.4, -0.2) is 27.5 Å². The van der Waals surface area contributed by atoms with Gasteiger partial charge in [0.1, 0.15) is 0 Å². The lowest BCUT2D eigenvalue weighted by atomic mass is 9.88. The number of hydrogen-bond acceptors (Lipinski definition) is 2. The standard InChI is InChI=1S/C14H19N3/c1-9-5-12-11(7-15-9)10-6-14(2,3)17(4)8-13(10)16-12/h5,7,16H,6,8H2,1-4H3. The highest BCUT2D eigenvalue weighted by Gasteiger charge is 2.32. The first-order valence-electron chi connectivity index (χ1n) is 6.15. The summed E-state index contributed by atoms with van der Waals surface area (Å²) in [6.45, 7) is 7.64. The van der Waals surface area contributed by atoms with Gasteiger partial charge >= 0.3 is 0 Å². The average Bonchev–Trinajstić information content (AvgIpc) is 2.55. The number of nitrogens with zero attached hydrogens (tertiary/aromatic N) is 2. The fourth-order valence-electron chi connectivity index (χ4n) is 2.66. The molecule has 0 radical (unpaired) electrons. The van der Waals surface area contributed by atoms with Crippen LogP contribution in [0.15, 0.2) is 12.3 Å². The summed E-state index contributed by atoms with van der Waals surface area (Å²) in [6.07, 6.45) is 3.10. The first-order valence-corrected chi connectivity index (χ1v) is 6.15. The van der Waals surface area contributed by atoms with Gasteiger partial charge in [0.2, 0.25) is 0 Å². The molecule has 0 unspecified atom stereocenters. The maximum Gasteiger partial charge on any atom is 0.0493 e. The summed E-state index contributed by atoms with van der Waals surface area (Å²) in [6, 6.07) is 2.14. The van der Waals surface area contributed by atoms with Crippen molar-refractivity contribution in [2.45, 2.75) is 39.3 Å². The molecule has 0 aromatic carbocycles. The minimum absolute atomic E-state index is 0.229. The Morgan fingerprint density at radius 3 is 2.94 bits per heavy atom. The third kappa shape index (κ3) is 1.57. The van der Waals surface area contributed by atoms with Gasteiger partial charge in [-0.3, -0.25) is 9.88 Å². The Labute approximate surface area is 102 Å². The lowest BCUT2D eigenvalue weighted by molar-refractivity contribution is 0.132. The van der Waals surface area contributed by atoms with Gasteiger partial charge in [-0.25, -0.2) is 0 Å². The van der Waals surface area contributed by atoms with Gasteiger partial charge in [-0.1, -0.05) is 0 Å². The second-order valence-corrected chi connectivity index (χ2v) is 5.80. The highest BCUT2D eigenvalue weighted by atomic mass is 15.2. The van der Waals surface area contributed by atoms with E-state index in [2.05, 4.69) is 41.8 Å². The maximum atomic E-state index is 4.42. The number of fused-ring (bicyclic) bond motifs is 3. The summed E-state index contributed by atoms with van der Waals surface area (Å²) >= 11 is 0. The van der Waals surface area contributed by atoms with Crippen LogP contribution in [0.25, 0.3) is 10.9 Å². The molecule has 17 heavy (non-hydrogen) atoms. The molecule has 0 bridgehead atoms. The summed E-state index contributed by atoms with van der Waals surface area (Å²) in [5.41, 5.74) is 5.34. The van der Waals surface area contributed by atoms with E-state index in [0.29, 0.717) is 0 Å². The number of rotatable bonds is 0. The van der Waals surface area contributed by atoms with E-state index >= 15 is 0 Å². The molecule has 0 saturated carbocycles. The van der Waals surface area contributed by atoms with E-state index in [9.17, 15) is 0 Å². The van der Waals surface area contributed by atoms with Crippen LogP contribution in [0.1, 0.15) is 30.8 Å². The minimum atomic E-state index is 0.229. The van der Waals surface area contributed by atoms with Crippen molar-refractivity contribution < 1.29 is 0 Å². The van der Waals surface area contributed by atoms with Gasteiger partial charge in [-0.05, 0) is 45.9 Å². The summed E-state index contributed by atoms with van der Waals surface area (Å²) in [5, 5.41) is 1.30. The Bertz CT molecular complexity index is 580. The van der Waals surface area contributed by atoms with Crippen molar-refractivity contribution in [3.63, 3.8) is 0 Å². The first kappa shape index (κ1) is 10.8. The van der Waals surface area contributed by atoms with Gasteiger partial charge in [0.25, 0.3) is 0 Å². The molecule has 3 rings (SSSR count). The van der Waals surface area contributed by atoms with E-state index in [1.54, 1.807) is 0 Å². The zero-order chi connectivity index (χ0) is 12.2. The van der Waals surface area contributed by atoms with Crippen molar-refractivity contribution >= 4 is 10.9 Å². The number of likely N-dealkylation sites (N-methyl/N-ethyl adjacent to an activating group) is 1. The van der Waals surface area contributed by atoms with E-state index in [0.717, 1.165) is 18.7 Å². The molecular weight excluding hydrogens is 210 g/mol. The molecule has 1 aliphatic rings. The Balaban J connectivity index is 2.21. The van der Waals surface area contributed by atoms with Gasteiger partial charge < -0.3 is 4.98 Å². The van der Waals surface area contributed by atoms with E-state index in [1.807, 2.05) is 13.1 Å². The molecule has 1 N–H and O–H groups in total. The van der Waals surface area contributed by atoms with Crippen LogP contribution in [0.3, 0.4) is 0 Å². The van der Waals surface area contributed by atoms with Crippen molar-refractivity contribution in [2.75, 3.05) is 7.05 Å². The topological polar surface area (TPSA) is 31.9 Å². The molecule has 0 fully saturated rings. The molecule has 0 atom stereocenters. The predicted octanol–water partition coefficient (Wildman–Crippen LogP) is 2.64. The molecule has 3 heteroatoms. The van der Waals surface area contributed by atoms with Gasteiger partial charge in [-0.2, -0.15) is 0 Å². The summed E-state index contributed by atoms with van der Waals surface area (Å²) < 4.78 is 0. The summed E-state index contributed by atoms with van der Waals surface area (Å²) in [5.74, 6) is 0. The van der Waals surface area contributed by atoms with Crippen molar-refractivity contribution in [3.8, 4) is 0 Å². The lowest BCUT2D eigenvalue weighted by Crippen LogP contribution is -2.45. The van der Waals surface area contributed by atoms with E-state index in [1.165, 1.54) is 22.2 Å². The van der Waals surface area contributed by atoms with Crippen molar-refractivity contribution in [1.29, 1.82) is 0 Å². The molecular formula is C14H19N3. The smallest absolute Gasteiger partial charge is 0.0493 e. The van der Waals surface area contributed by atoms with Gasteiger partial charge in [0.15, 0.2) is 0 Å². The zero-order valence-electron chi connectivity index (χ0n) is 11.0. The zero-order valence-corrected chi connectivity index (χ0v) is 11.0. The molecule has 2 aromatic rings. The first-order chi connectivity index (χ1) is 7.97. The van der Waals surface area contributed by atoms with Gasteiger partial charge in [0.05, 0.1) is 0 Å². The Morgan fingerprint density at radius 2 is 2.18 bits per heavy atom. The van der Waals surface area contributed by atoms with E-state index in [4.69, 9.17) is 0 Å². The molecule has 0 amide bonds. The molecule has 0 aliphatic carbocycles. The molecule has 2 aromatic heterocycles. The molecule has 3 nitrogen and oxygen atoms in total. The maximum absolute atomic E-state index is 4.42. The number of aromatic nitrogens is 2. The van der Waals surface area contributed by atoms with Crippen LogP contribution in [-0.2, 0) is 13.0 Å². The average molecular weight is 229 g/mol. The summed E-state index contributed by atoms with van der Waals surface area (Å²) in [4.78, 5) is 10.4. The summed E-state index contributed by atoms with van der Waals surface area (Å²) in [7, 11) is 2.19. The van der Waals surface area contributed by atoms with Crippen LogP contribution in [0, 0.1) is 6.92 Å². The number of aromatic amines is 1. The number of hydrogen-bond donors (Lipinski definition) is 1. The van der Waals surface area contributed by atoms with Crippen LogP contribution >= 0.6 is 0 Å². The highest BCUT2D eigenvalue weighted by Crippen LogP contribution is 2.33. The number of pyridine rings is 1. The second-order valence-electron chi connectivity index (χ2n) is 5.80. The number of aryl methyl sites for hydroxylation is 1. The van der Waals surface area contributed by atoms with E-state index in [-0.39, 0.29) is 5.54 Å². The second kappa shape index (κ2) is 3.33. The van der Waals surface area contributed by atoms with Crippen molar-refractivity contribution in [3.05, 3.63) is 29.2 Å². The van der Waals surface area contributed by atoms with Crippen LogP contribution in [0.2, 0.25) is 0 Å². The molecule has 0 saturated heterocycles. The normalized spacial score (nSPS) is 19.5. The third-order valence-corrected chi connectivity index (χ3v) is 4.05. The minimum Gasteiger partial charge on any atom is -0.357 e. The van der Waals surface area contributed by atoms with E-state index < -0.39 is 0 Å². The Kier molecular flexibility index (Phi) is 2.11. The monoisotopic (exact) mass is 229 g/mol. The van der Waals surface area contributed by atoms with Gasteiger partial charge in [-0.15, -0.1) is 0 Å². The fourth-order valence-corrected chi connectivity index (χ4v) is 2.66. The van der Waals surface area contributed by atoms with Gasteiger partial charge in [0, 0.05) is 40.6 Å². The van der Waals surface area contributed by atoms with Crippen molar-refractivity contribution in [2.24, 2.45) is 0 Å². The number of H-pyrrole nitrogens is 1. The molecule has 3 heterocycles. The van der Waals surface area contributed by atoms with Crippen LogP contribution in [0.4, 0.5) is 0 Å². The molecule has 90 valence electrons. The lowest BCUT2D eigenvalue weighted by Gasteiger charge is -2.39. The Morgan fingerprint density at radius 1 is 1.41 bits per heavy atom. The third-order valence-electron chi connectivity index (χ3n) is 4.05.